The first-order valence-electron chi connectivity index (χ1n) is 6.24. The molecular formula is C12H16ClN3O2S2. The average molecular weight is 334 g/mol. The van der Waals surface area contributed by atoms with Crippen molar-refractivity contribution >= 4 is 44.0 Å². The molecule has 1 aromatic carbocycles. The van der Waals surface area contributed by atoms with E-state index in [1.165, 1.54) is 11.3 Å². The Bertz CT molecular complexity index is 648. The van der Waals surface area contributed by atoms with Gasteiger partial charge in [-0.15, -0.1) is 23.7 Å². The third kappa shape index (κ3) is 3.29. The van der Waals surface area contributed by atoms with E-state index in [2.05, 4.69) is 15.0 Å². The van der Waals surface area contributed by atoms with E-state index in [-0.39, 0.29) is 22.8 Å². The Balaban J connectivity index is 0.00000147. The number of aromatic nitrogens is 1. The Morgan fingerprint density at radius 3 is 2.90 bits per heavy atom. The molecule has 2 aromatic rings. The summed E-state index contributed by atoms with van der Waals surface area (Å²) in [5, 5.41) is 3.26. The Morgan fingerprint density at radius 2 is 2.20 bits per heavy atom. The third-order valence-corrected chi connectivity index (χ3v) is 6.02. The average Bonchev–Trinajstić information content (AvgIpc) is 3.05. The number of thiazole rings is 1. The number of hydrogen-bond acceptors (Lipinski definition) is 5. The molecule has 0 aliphatic carbocycles. The van der Waals surface area contributed by atoms with Gasteiger partial charge in [-0.2, -0.15) is 0 Å². The molecule has 20 heavy (non-hydrogen) atoms. The summed E-state index contributed by atoms with van der Waals surface area (Å²) in [7, 11) is -3.49. The normalized spacial score (nSPS) is 19.1. The van der Waals surface area contributed by atoms with E-state index < -0.39 is 10.0 Å². The van der Waals surface area contributed by atoms with Crippen LogP contribution in [0.5, 0.6) is 0 Å². The smallest absolute Gasteiger partial charge is 0.267 e. The SMILES string of the molecule is Cl.O=S(=O)(NCC1CCCN1)c1nc2ccccc2s1. The minimum Gasteiger partial charge on any atom is -0.313 e. The van der Waals surface area contributed by atoms with Crippen molar-refractivity contribution in [2.75, 3.05) is 13.1 Å². The first kappa shape index (κ1) is 15.7. The molecule has 0 amide bonds. The minimum atomic E-state index is -3.49. The summed E-state index contributed by atoms with van der Waals surface area (Å²) in [6.07, 6.45) is 2.12. The van der Waals surface area contributed by atoms with E-state index >= 15 is 0 Å². The van der Waals surface area contributed by atoms with Crippen LogP contribution in [0.15, 0.2) is 28.6 Å². The number of nitrogens with zero attached hydrogens (tertiary/aromatic N) is 1. The number of fused-ring (bicyclic) bond motifs is 1. The maximum atomic E-state index is 12.2. The fraction of sp³-hybridized carbons (Fsp3) is 0.417. The van der Waals surface area contributed by atoms with Crippen LogP contribution in [0.4, 0.5) is 0 Å². The van der Waals surface area contributed by atoms with Gasteiger partial charge in [-0.3, -0.25) is 0 Å². The molecule has 0 spiro atoms. The zero-order valence-electron chi connectivity index (χ0n) is 10.7. The zero-order valence-corrected chi connectivity index (χ0v) is 13.2. The van der Waals surface area contributed by atoms with Gasteiger partial charge < -0.3 is 5.32 Å². The molecule has 1 saturated heterocycles. The summed E-state index contributed by atoms with van der Waals surface area (Å²) in [6, 6.07) is 7.68. The van der Waals surface area contributed by atoms with Crippen LogP contribution in [0.2, 0.25) is 0 Å². The molecule has 0 bridgehead atoms. The second-order valence-corrected chi connectivity index (χ2v) is 7.56. The van der Waals surface area contributed by atoms with Crippen LogP contribution in [0, 0.1) is 0 Å². The lowest BCUT2D eigenvalue weighted by Gasteiger charge is -2.10. The van der Waals surface area contributed by atoms with Crippen molar-refractivity contribution in [1.82, 2.24) is 15.0 Å². The van der Waals surface area contributed by atoms with Crippen molar-refractivity contribution in [3.8, 4) is 0 Å². The highest BCUT2D eigenvalue weighted by molar-refractivity contribution is 7.91. The highest BCUT2D eigenvalue weighted by Gasteiger charge is 2.22. The van der Waals surface area contributed by atoms with Crippen molar-refractivity contribution in [3.05, 3.63) is 24.3 Å². The summed E-state index contributed by atoms with van der Waals surface area (Å²) >= 11 is 1.20. The summed E-state index contributed by atoms with van der Waals surface area (Å²) in [6.45, 7) is 1.39. The fourth-order valence-corrected chi connectivity index (χ4v) is 4.51. The second kappa shape index (κ2) is 6.36. The topological polar surface area (TPSA) is 71.1 Å². The van der Waals surface area contributed by atoms with Gasteiger partial charge in [0.2, 0.25) is 4.34 Å². The molecule has 1 atom stereocenters. The van der Waals surface area contributed by atoms with Gasteiger partial charge >= 0.3 is 0 Å². The van der Waals surface area contributed by atoms with E-state index in [0.717, 1.165) is 29.6 Å². The molecule has 1 fully saturated rings. The van der Waals surface area contributed by atoms with E-state index in [0.29, 0.717) is 6.54 Å². The van der Waals surface area contributed by atoms with Crippen molar-refractivity contribution in [2.45, 2.75) is 23.2 Å². The Morgan fingerprint density at radius 1 is 1.40 bits per heavy atom. The van der Waals surface area contributed by atoms with Crippen LogP contribution in [0.1, 0.15) is 12.8 Å². The van der Waals surface area contributed by atoms with Gasteiger partial charge in [0.05, 0.1) is 10.2 Å². The van der Waals surface area contributed by atoms with Crippen LogP contribution in [0.25, 0.3) is 10.2 Å². The van der Waals surface area contributed by atoms with Crippen LogP contribution in [-0.2, 0) is 10.0 Å². The lowest BCUT2D eigenvalue weighted by atomic mass is 10.2. The molecule has 3 rings (SSSR count). The number of nitrogens with one attached hydrogen (secondary N) is 2. The molecule has 8 heteroatoms. The molecule has 0 radical (unpaired) electrons. The Kier molecular flexibility index (Phi) is 4.98. The van der Waals surface area contributed by atoms with Crippen molar-refractivity contribution in [3.63, 3.8) is 0 Å². The number of sulfonamides is 1. The summed E-state index contributed by atoms with van der Waals surface area (Å²) in [5.74, 6) is 0. The Labute approximate surface area is 128 Å². The quantitative estimate of drug-likeness (QED) is 0.894. The molecule has 2 N–H and O–H groups in total. The van der Waals surface area contributed by atoms with E-state index in [9.17, 15) is 8.42 Å². The van der Waals surface area contributed by atoms with Crippen LogP contribution in [0.3, 0.4) is 0 Å². The molecule has 1 aliphatic heterocycles. The van der Waals surface area contributed by atoms with Crippen LogP contribution < -0.4 is 10.0 Å². The first-order chi connectivity index (χ1) is 9.15. The summed E-state index contributed by atoms with van der Waals surface area (Å²) in [4.78, 5) is 4.18. The number of rotatable bonds is 4. The molecule has 5 nitrogen and oxygen atoms in total. The largest absolute Gasteiger partial charge is 0.313 e. The number of hydrogen-bond donors (Lipinski definition) is 2. The van der Waals surface area contributed by atoms with Gasteiger partial charge in [-0.25, -0.2) is 18.1 Å². The van der Waals surface area contributed by atoms with Crippen molar-refractivity contribution < 1.29 is 8.42 Å². The zero-order chi connectivity index (χ0) is 13.3. The van der Waals surface area contributed by atoms with Gasteiger partial charge in [-0.05, 0) is 31.5 Å². The van der Waals surface area contributed by atoms with Crippen molar-refractivity contribution in [1.29, 1.82) is 0 Å². The fourth-order valence-electron chi connectivity index (χ4n) is 2.17. The molecule has 0 saturated carbocycles. The minimum absolute atomic E-state index is 0. The molecule has 1 aromatic heterocycles. The number of benzene rings is 1. The number of halogens is 1. The van der Waals surface area contributed by atoms with Gasteiger partial charge in [0.15, 0.2) is 0 Å². The van der Waals surface area contributed by atoms with Gasteiger partial charge in [0.1, 0.15) is 0 Å². The highest BCUT2D eigenvalue weighted by Crippen LogP contribution is 2.24. The summed E-state index contributed by atoms with van der Waals surface area (Å²) < 4.78 is 28.0. The number of para-hydroxylation sites is 1. The predicted octanol–water partition coefficient (Wildman–Crippen LogP) is 1.75. The Hall–Kier alpha value is -0.730. The van der Waals surface area contributed by atoms with Gasteiger partial charge in [-0.1, -0.05) is 12.1 Å². The van der Waals surface area contributed by atoms with Crippen LogP contribution >= 0.6 is 23.7 Å². The monoisotopic (exact) mass is 333 g/mol. The molecule has 2 heterocycles. The molecule has 110 valence electrons. The van der Waals surface area contributed by atoms with Gasteiger partial charge in [0.25, 0.3) is 10.0 Å². The van der Waals surface area contributed by atoms with E-state index in [1.807, 2.05) is 24.3 Å². The van der Waals surface area contributed by atoms with E-state index in [1.54, 1.807) is 0 Å². The predicted molar refractivity (Wildman–Crippen MR) is 83.1 cm³/mol. The second-order valence-electron chi connectivity index (χ2n) is 4.59. The standard InChI is InChI=1S/C12H15N3O2S2.ClH/c16-19(17,14-8-9-4-3-7-13-9)12-15-10-5-1-2-6-11(10)18-12;/h1-2,5-6,9,13-14H,3-4,7-8H2;1H. The first-order valence-corrected chi connectivity index (χ1v) is 8.54. The lowest BCUT2D eigenvalue weighted by Crippen LogP contribution is -2.37. The summed E-state index contributed by atoms with van der Waals surface area (Å²) in [5.41, 5.74) is 0.729. The molecular weight excluding hydrogens is 318 g/mol. The lowest BCUT2D eigenvalue weighted by molar-refractivity contribution is 0.551. The maximum absolute atomic E-state index is 12.2. The van der Waals surface area contributed by atoms with Crippen molar-refractivity contribution in [2.24, 2.45) is 0 Å². The van der Waals surface area contributed by atoms with Crippen LogP contribution in [-0.4, -0.2) is 32.5 Å². The highest BCUT2D eigenvalue weighted by atomic mass is 35.5. The maximum Gasteiger partial charge on any atom is 0.267 e. The molecule has 1 unspecified atom stereocenters. The molecule has 1 aliphatic rings. The van der Waals surface area contributed by atoms with E-state index in [4.69, 9.17) is 0 Å². The van der Waals surface area contributed by atoms with Gasteiger partial charge in [0, 0.05) is 12.6 Å². The third-order valence-electron chi connectivity index (χ3n) is 3.19.